The van der Waals surface area contributed by atoms with Gasteiger partial charge in [0.2, 0.25) is 0 Å². The fourth-order valence-electron chi connectivity index (χ4n) is 4.36. The molecule has 0 radical (unpaired) electrons. The van der Waals surface area contributed by atoms with Gasteiger partial charge in [-0.3, -0.25) is 9.59 Å². The van der Waals surface area contributed by atoms with Crippen LogP contribution in [0.25, 0.3) is 10.8 Å². The zero-order valence-electron chi connectivity index (χ0n) is 27.2. The van der Waals surface area contributed by atoms with Crippen molar-refractivity contribution in [3.8, 4) is 11.5 Å². The van der Waals surface area contributed by atoms with E-state index in [4.69, 9.17) is 28.4 Å². The molecule has 46 heavy (non-hydrogen) atoms. The number of rotatable bonds is 24. The van der Waals surface area contributed by atoms with Crippen LogP contribution >= 0.6 is 0 Å². The molecule has 0 amide bonds. The van der Waals surface area contributed by atoms with Crippen LogP contribution in [0.2, 0.25) is 0 Å². The molecule has 0 aromatic heterocycles. The molecule has 0 fully saturated rings. The monoisotopic (exact) mass is 640 g/mol. The predicted molar refractivity (Wildman–Crippen MR) is 175 cm³/mol. The minimum absolute atomic E-state index is 0.0173. The average Bonchev–Trinajstić information content (AvgIpc) is 3.04. The van der Waals surface area contributed by atoms with E-state index in [0.717, 1.165) is 85.8 Å². The quantitative estimate of drug-likeness (QED) is 0.0523. The van der Waals surface area contributed by atoms with E-state index in [-0.39, 0.29) is 25.2 Å². The van der Waals surface area contributed by atoms with Crippen LogP contribution in [-0.4, -0.2) is 62.5 Å². The van der Waals surface area contributed by atoms with E-state index < -0.39 is 24.1 Å². The van der Waals surface area contributed by atoms with E-state index in [1.54, 1.807) is 13.8 Å². The molecule has 252 valence electrons. The van der Waals surface area contributed by atoms with Crippen LogP contribution in [0.5, 0.6) is 11.5 Å². The summed E-state index contributed by atoms with van der Waals surface area (Å²) < 4.78 is 32.0. The van der Waals surface area contributed by atoms with Crippen molar-refractivity contribution in [1.82, 2.24) is 0 Å². The van der Waals surface area contributed by atoms with Gasteiger partial charge in [-0.25, -0.2) is 9.59 Å². The summed E-state index contributed by atoms with van der Waals surface area (Å²) in [6.07, 6.45) is 8.72. The first-order chi connectivity index (χ1) is 22.2. The highest BCUT2D eigenvalue weighted by molar-refractivity contribution is 5.85. The molecule has 0 saturated carbocycles. The Morgan fingerprint density at radius 2 is 1.00 bits per heavy atom. The third-order valence-corrected chi connectivity index (χ3v) is 6.79. The summed E-state index contributed by atoms with van der Waals surface area (Å²) in [7, 11) is 0. The summed E-state index contributed by atoms with van der Waals surface area (Å²) in [6.45, 7) is 11.2. The van der Waals surface area contributed by atoms with Gasteiger partial charge in [0, 0.05) is 25.0 Å². The third-order valence-electron chi connectivity index (χ3n) is 6.79. The fraction of sp³-hybridized carbons (Fsp3) is 0.500. The summed E-state index contributed by atoms with van der Waals surface area (Å²) in [5.74, 6) is -0.0505. The Kier molecular flexibility index (Phi) is 18.3. The Morgan fingerprint density at radius 3 is 1.39 bits per heavy atom. The van der Waals surface area contributed by atoms with Crippen molar-refractivity contribution in [1.29, 1.82) is 0 Å². The van der Waals surface area contributed by atoms with Gasteiger partial charge in [-0.2, -0.15) is 0 Å². The first-order valence-electron chi connectivity index (χ1n) is 16.0. The lowest BCUT2D eigenvalue weighted by Gasteiger charge is -2.13. The lowest BCUT2D eigenvalue weighted by Crippen LogP contribution is -2.21. The van der Waals surface area contributed by atoms with Crippen molar-refractivity contribution in [3.63, 3.8) is 0 Å². The topological polar surface area (TPSA) is 124 Å². The zero-order chi connectivity index (χ0) is 33.6. The molecule has 2 aromatic carbocycles. The molecule has 2 unspecified atom stereocenters. The maximum Gasteiger partial charge on any atom is 0.330 e. The predicted octanol–water partition coefficient (Wildman–Crippen LogP) is 6.82. The normalized spacial score (nSPS) is 12.0. The number of carbonyl (C=O) groups is 4. The highest BCUT2D eigenvalue weighted by Crippen LogP contribution is 2.25. The molecule has 0 spiro atoms. The van der Waals surface area contributed by atoms with Crippen LogP contribution in [0.3, 0.4) is 0 Å². The van der Waals surface area contributed by atoms with Crippen LogP contribution in [0.1, 0.15) is 78.1 Å². The molecule has 0 bridgehead atoms. The van der Waals surface area contributed by atoms with Gasteiger partial charge >= 0.3 is 23.9 Å². The van der Waals surface area contributed by atoms with E-state index in [0.29, 0.717) is 26.1 Å². The SMILES string of the molecule is C=CC(=O)OCC(C)OC(=O)CCCCCCOc1ccc2cc(OCCCCCCC(=O)OC(C)COC(=O)C=C)ccc2c1. The standard InChI is InChI=1S/C36H48O10/c1-5-33(37)43-25-27(3)45-35(39)15-11-7-9-13-21-41-31-19-17-30-24-32(20-18-29(30)23-31)42-22-14-10-8-12-16-36(40)46-28(4)26-44-34(38)6-2/h5-6,17-20,23-24,27-28H,1-2,7-16,21-22,25-26H2,3-4H3. The first kappa shape index (κ1) is 37.8. The summed E-state index contributed by atoms with van der Waals surface area (Å²) in [4.78, 5) is 45.9. The Balaban J connectivity index is 1.54. The molecular formula is C36H48O10. The number of ether oxygens (including phenoxy) is 6. The maximum absolute atomic E-state index is 11.9. The van der Waals surface area contributed by atoms with Crippen LogP contribution in [0.15, 0.2) is 61.7 Å². The van der Waals surface area contributed by atoms with Crippen LogP contribution in [0, 0.1) is 0 Å². The summed E-state index contributed by atoms with van der Waals surface area (Å²) in [5, 5.41) is 2.13. The van der Waals surface area contributed by atoms with Gasteiger partial charge < -0.3 is 28.4 Å². The molecule has 0 aliphatic carbocycles. The minimum atomic E-state index is -0.539. The molecule has 2 atom stereocenters. The molecular weight excluding hydrogens is 592 g/mol. The summed E-state index contributed by atoms with van der Waals surface area (Å²) in [6, 6.07) is 12.0. The van der Waals surface area contributed by atoms with Gasteiger partial charge in [-0.1, -0.05) is 51.0 Å². The van der Waals surface area contributed by atoms with Crippen molar-refractivity contribution in [2.45, 2.75) is 90.3 Å². The van der Waals surface area contributed by atoms with E-state index >= 15 is 0 Å². The highest BCUT2D eigenvalue weighted by atomic mass is 16.6. The van der Waals surface area contributed by atoms with Crippen molar-refractivity contribution in [3.05, 3.63) is 61.7 Å². The Labute approximate surface area is 272 Å². The number of hydrogen-bond acceptors (Lipinski definition) is 10. The summed E-state index contributed by atoms with van der Waals surface area (Å²) in [5.41, 5.74) is 0. The van der Waals surface area contributed by atoms with Crippen LogP contribution < -0.4 is 9.47 Å². The Hall–Kier alpha value is -4.34. The van der Waals surface area contributed by atoms with Gasteiger partial charge in [-0.15, -0.1) is 0 Å². The van der Waals surface area contributed by atoms with Crippen molar-refractivity contribution in [2.75, 3.05) is 26.4 Å². The average molecular weight is 641 g/mol. The minimum Gasteiger partial charge on any atom is -0.494 e. The van der Waals surface area contributed by atoms with Crippen LogP contribution in [-0.2, 0) is 38.1 Å². The number of hydrogen-bond donors (Lipinski definition) is 0. The van der Waals surface area contributed by atoms with E-state index in [1.807, 2.05) is 36.4 Å². The van der Waals surface area contributed by atoms with Crippen LogP contribution in [0.4, 0.5) is 0 Å². The Morgan fingerprint density at radius 1 is 0.609 bits per heavy atom. The Bertz CT molecular complexity index is 1170. The highest BCUT2D eigenvalue weighted by Gasteiger charge is 2.12. The lowest BCUT2D eigenvalue weighted by molar-refractivity contribution is -0.156. The van der Waals surface area contributed by atoms with E-state index in [9.17, 15) is 19.2 Å². The van der Waals surface area contributed by atoms with Gasteiger partial charge in [0.05, 0.1) is 13.2 Å². The fourth-order valence-corrected chi connectivity index (χ4v) is 4.36. The second-order valence-corrected chi connectivity index (χ2v) is 11.0. The smallest absolute Gasteiger partial charge is 0.330 e. The largest absolute Gasteiger partial charge is 0.494 e. The molecule has 10 heteroatoms. The van der Waals surface area contributed by atoms with Gasteiger partial charge in [0.1, 0.15) is 36.9 Å². The lowest BCUT2D eigenvalue weighted by atomic mass is 10.1. The molecule has 2 rings (SSSR count). The molecule has 2 aromatic rings. The first-order valence-corrected chi connectivity index (χ1v) is 16.0. The van der Waals surface area contributed by atoms with Gasteiger partial charge in [0.25, 0.3) is 0 Å². The molecule has 0 aliphatic rings. The van der Waals surface area contributed by atoms with E-state index in [2.05, 4.69) is 13.2 Å². The third kappa shape index (κ3) is 16.7. The van der Waals surface area contributed by atoms with Crippen molar-refractivity contribution < 1.29 is 47.6 Å². The zero-order valence-corrected chi connectivity index (χ0v) is 27.2. The number of esters is 4. The van der Waals surface area contributed by atoms with Crippen molar-refractivity contribution in [2.24, 2.45) is 0 Å². The number of carbonyl (C=O) groups excluding carboxylic acids is 4. The second-order valence-electron chi connectivity index (χ2n) is 11.0. The number of benzene rings is 2. The number of unbranched alkanes of at least 4 members (excludes halogenated alkanes) is 6. The van der Waals surface area contributed by atoms with Crippen molar-refractivity contribution >= 4 is 34.6 Å². The second kappa shape index (κ2) is 22.2. The van der Waals surface area contributed by atoms with E-state index in [1.165, 1.54) is 0 Å². The molecule has 0 N–H and O–H groups in total. The number of fused-ring (bicyclic) bond motifs is 1. The van der Waals surface area contributed by atoms with Gasteiger partial charge in [0.15, 0.2) is 0 Å². The molecule has 0 aliphatic heterocycles. The van der Waals surface area contributed by atoms with Gasteiger partial charge in [-0.05, 0) is 74.6 Å². The molecule has 0 heterocycles. The maximum atomic E-state index is 11.9. The summed E-state index contributed by atoms with van der Waals surface area (Å²) >= 11 is 0. The molecule has 0 saturated heterocycles. The molecule has 10 nitrogen and oxygen atoms in total.